The third-order valence-corrected chi connectivity index (χ3v) is 6.66. The SMILES string of the molecule is O=C(O)C(F)(F)F.O=C(O)C(F)(F)F.O=C(O)C(F)(F)F.O=C(O)C(F)(F)F.c1cncc(CN2CCC3(CC2)CCN(Cc2cccnc2)C3)c1. The van der Waals surface area contributed by atoms with Crippen molar-refractivity contribution in [2.75, 3.05) is 26.2 Å². The third-order valence-electron chi connectivity index (χ3n) is 6.66. The molecule has 294 valence electrons. The van der Waals surface area contributed by atoms with Crippen LogP contribution < -0.4 is 0 Å². The molecule has 0 unspecified atom stereocenters. The highest BCUT2D eigenvalue weighted by atomic mass is 19.4. The molecule has 0 saturated carbocycles. The first-order chi connectivity index (χ1) is 23.6. The van der Waals surface area contributed by atoms with Gasteiger partial charge in [-0.3, -0.25) is 19.8 Å². The number of piperidine rings is 1. The molecule has 1 spiro atoms. The highest BCUT2D eigenvalue weighted by molar-refractivity contribution is 5.74. The molecule has 2 fully saturated rings. The van der Waals surface area contributed by atoms with Crippen molar-refractivity contribution in [1.82, 2.24) is 19.8 Å². The second-order valence-corrected chi connectivity index (χ2v) is 10.7. The van der Waals surface area contributed by atoms with Gasteiger partial charge in [-0.2, -0.15) is 52.7 Å². The number of carbonyl (C=O) groups is 4. The van der Waals surface area contributed by atoms with Gasteiger partial charge in [0, 0.05) is 44.4 Å². The predicted octanol–water partition coefficient (Wildman–Crippen LogP) is 5.50. The van der Waals surface area contributed by atoms with E-state index in [2.05, 4.69) is 31.9 Å². The minimum absolute atomic E-state index is 0.549. The lowest BCUT2D eigenvalue weighted by Gasteiger charge is -2.39. The standard InChI is InChI=1S/C20H26N4.4C2HF3O2/c1-3-18(13-21-8-1)15-23-10-5-20(6-11-23)7-12-24(17-20)16-19-4-2-9-22-14-19;4*3-2(4,5)1(6)7/h1-4,8-9,13-14H,5-7,10-12,15-17H2;4*(H,6,7). The van der Waals surface area contributed by atoms with Gasteiger partial charge < -0.3 is 20.4 Å². The summed E-state index contributed by atoms with van der Waals surface area (Å²) in [5, 5.41) is 28.5. The van der Waals surface area contributed by atoms with Crippen LogP contribution in [0.4, 0.5) is 52.7 Å². The summed E-state index contributed by atoms with van der Waals surface area (Å²) in [7, 11) is 0. The Balaban J connectivity index is 0.000000764. The van der Waals surface area contributed by atoms with Gasteiger partial charge in [0.05, 0.1) is 0 Å². The van der Waals surface area contributed by atoms with Gasteiger partial charge in [-0.05, 0) is 67.6 Å². The van der Waals surface area contributed by atoms with Gasteiger partial charge in [-0.15, -0.1) is 0 Å². The van der Waals surface area contributed by atoms with Crippen LogP contribution in [0.5, 0.6) is 0 Å². The highest BCUT2D eigenvalue weighted by Gasteiger charge is 2.41. The van der Waals surface area contributed by atoms with Crippen LogP contribution in [0.3, 0.4) is 0 Å². The Kier molecular flexibility index (Phi) is 18.5. The highest BCUT2D eigenvalue weighted by Crippen LogP contribution is 2.41. The van der Waals surface area contributed by atoms with Gasteiger partial charge in [0.15, 0.2) is 0 Å². The number of likely N-dealkylation sites (tertiary alicyclic amines) is 2. The fraction of sp³-hybridized carbons (Fsp3) is 0.500. The van der Waals surface area contributed by atoms with E-state index in [-0.39, 0.29) is 0 Å². The van der Waals surface area contributed by atoms with Crippen LogP contribution in [0, 0.1) is 5.41 Å². The van der Waals surface area contributed by atoms with Crippen molar-refractivity contribution in [2.45, 2.75) is 57.1 Å². The Morgan fingerprint density at radius 1 is 0.558 bits per heavy atom. The van der Waals surface area contributed by atoms with Gasteiger partial charge in [-0.1, -0.05) is 12.1 Å². The van der Waals surface area contributed by atoms with Crippen molar-refractivity contribution in [3.8, 4) is 0 Å². The van der Waals surface area contributed by atoms with E-state index >= 15 is 0 Å². The minimum Gasteiger partial charge on any atom is -0.475 e. The van der Waals surface area contributed by atoms with Crippen molar-refractivity contribution < 1.29 is 92.3 Å². The molecule has 0 amide bonds. The number of carboxylic acids is 4. The van der Waals surface area contributed by atoms with E-state index in [1.54, 1.807) is 0 Å². The molecular weight excluding hydrogens is 748 g/mol. The first kappa shape index (κ1) is 47.3. The smallest absolute Gasteiger partial charge is 0.475 e. The average molecular weight is 779 g/mol. The molecule has 4 heterocycles. The number of alkyl halides is 12. The average Bonchev–Trinajstić information content (AvgIpc) is 3.40. The Morgan fingerprint density at radius 3 is 1.08 bits per heavy atom. The molecule has 2 saturated heterocycles. The summed E-state index contributed by atoms with van der Waals surface area (Å²) in [5.41, 5.74) is 3.22. The molecule has 0 bridgehead atoms. The van der Waals surface area contributed by atoms with Crippen molar-refractivity contribution in [3.05, 3.63) is 60.2 Å². The number of hydrogen-bond acceptors (Lipinski definition) is 8. The van der Waals surface area contributed by atoms with E-state index in [1.165, 1.54) is 56.6 Å². The Hall–Kier alpha value is -4.74. The second kappa shape index (κ2) is 20.3. The first-order valence-corrected chi connectivity index (χ1v) is 14.0. The monoisotopic (exact) mass is 778 g/mol. The molecule has 4 rings (SSSR count). The number of nitrogens with zero attached hydrogens (tertiary/aromatic N) is 4. The Labute approximate surface area is 285 Å². The van der Waals surface area contributed by atoms with Crippen LogP contribution in [0.15, 0.2) is 49.1 Å². The minimum atomic E-state index is -5.08. The summed E-state index contributed by atoms with van der Waals surface area (Å²) in [6, 6.07) is 8.45. The molecule has 4 N–H and O–H groups in total. The van der Waals surface area contributed by atoms with Crippen LogP contribution in [0.25, 0.3) is 0 Å². The van der Waals surface area contributed by atoms with Crippen molar-refractivity contribution in [2.24, 2.45) is 5.41 Å². The summed E-state index contributed by atoms with van der Waals surface area (Å²) >= 11 is 0. The molecule has 0 aromatic carbocycles. The van der Waals surface area contributed by atoms with Crippen LogP contribution >= 0.6 is 0 Å². The number of pyridine rings is 2. The maximum absolute atomic E-state index is 10.6. The molecule has 2 aliphatic rings. The van der Waals surface area contributed by atoms with E-state index in [4.69, 9.17) is 39.6 Å². The molecule has 2 aliphatic heterocycles. The van der Waals surface area contributed by atoms with E-state index in [9.17, 15) is 52.7 Å². The van der Waals surface area contributed by atoms with Gasteiger partial charge >= 0.3 is 48.6 Å². The molecule has 0 aliphatic carbocycles. The maximum atomic E-state index is 10.6. The number of aromatic nitrogens is 2. The summed E-state index contributed by atoms with van der Waals surface area (Å²) in [4.78, 5) is 49.3. The normalized spacial score (nSPS) is 15.9. The first-order valence-electron chi connectivity index (χ1n) is 14.0. The van der Waals surface area contributed by atoms with Gasteiger partial charge in [0.2, 0.25) is 0 Å². The molecule has 52 heavy (non-hydrogen) atoms. The Morgan fingerprint density at radius 2 is 0.827 bits per heavy atom. The van der Waals surface area contributed by atoms with Gasteiger partial charge in [-0.25, -0.2) is 19.2 Å². The molecule has 2 aromatic rings. The van der Waals surface area contributed by atoms with E-state index in [0.717, 1.165) is 13.1 Å². The summed E-state index contributed by atoms with van der Waals surface area (Å²) in [6.07, 6.45) is -8.62. The maximum Gasteiger partial charge on any atom is 0.490 e. The fourth-order valence-electron chi connectivity index (χ4n) is 4.26. The topological polar surface area (TPSA) is 181 Å². The van der Waals surface area contributed by atoms with Crippen molar-refractivity contribution in [3.63, 3.8) is 0 Å². The van der Waals surface area contributed by atoms with Crippen LogP contribution in [0.1, 0.15) is 30.4 Å². The molecule has 2 aromatic heterocycles. The zero-order chi connectivity index (χ0) is 40.6. The van der Waals surface area contributed by atoms with Crippen molar-refractivity contribution >= 4 is 23.9 Å². The van der Waals surface area contributed by atoms with E-state index < -0.39 is 48.6 Å². The number of hydrogen-bond donors (Lipinski definition) is 4. The second-order valence-electron chi connectivity index (χ2n) is 10.7. The molecule has 12 nitrogen and oxygen atoms in total. The Bertz CT molecular complexity index is 1300. The van der Waals surface area contributed by atoms with Gasteiger partial charge in [0.1, 0.15) is 0 Å². The lowest BCUT2D eigenvalue weighted by molar-refractivity contribution is -0.193. The molecule has 0 atom stereocenters. The quantitative estimate of drug-likeness (QED) is 0.287. The number of rotatable bonds is 4. The number of carboxylic acid groups (broad SMARTS) is 4. The summed E-state index contributed by atoms with van der Waals surface area (Å²) < 4.78 is 127. The van der Waals surface area contributed by atoms with Crippen molar-refractivity contribution in [1.29, 1.82) is 0 Å². The summed E-state index contributed by atoms with van der Waals surface area (Å²) in [6.45, 7) is 7.02. The number of aliphatic carboxylic acids is 4. The molecule has 0 radical (unpaired) electrons. The predicted molar refractivity (Wildman–Crippen MR) is 150 cm³/mol. The fourth-order valence-corrected chi connectivity index (χ4v) is 4.26. The van der Waals surface area contributed by atoms with Gasteiger partial charge in [0.25, 0.3) is 0 Å². The molecular formula is C28H30F12N4O8. The van der Waals surface area contributed by atoms with Crippen LogP contribution in [-0.4, -0.2) is 115 Å². The lowest BCUT2D eigenvalue weighted by atomic mass is 9.77. The molecule has 24 heteroatoms. The largest absolute Gasteiger partial charge is 0.490 e. The van der Waals surface area contributed by atoms with E-state index in [0.29, 0.717) is 5.41 Å². The zero-order valence-electron chi connectivity index (χ0n) is 26.2. The van der Waals surface area contributed by atoms with Crippen LogP contribution in [-0.2, 0) is 32.3 Å². The number of halogens is 12. The van der Waals surface area contributed by atoms with E-state index in [1.807, 2.05) is 36.9 Å². The zero-order valence-corrected chi connectivity index (χ0v) is 26.2. The summed E-state index contributed by atoms with van der Waals surface area (Å²) in [5.74, 6) is -11.0. The van der Waals surface area contributed by atoms with Crippen LogP contribution in [0.2, 0.25) is 0 Å². The lowest BCUT2D eigenvalue weighted by Crippen LogP contribution is -2.41. The third kappa shape index (κ3) is 20.2.